The molecule has 0 radical (unpaired) electrons. The van der Waals surface area contributed by atoms with E-state index in [4.69, 9.17) is 10.5 Å². The van der Waals surface area contributed by atoms with E-state index < -0.39 is 18.0 Å². The number of carbonyl (C=O) groups is 3. The zero-order valence-corrected chi connectivity index (χ0v) is 22.1. The van der Waals surface area contributed by atoms with Gasteiger partial charge < -0.3 is 25.6 Å². The number of benzene rings is 2. The fourth-order valence-electron chi connectivity index (χ4n) is 4.68. The van der Waals surface area contributed by atoms with Crippen LogP contribution >= 0.6 is 0 Å². The molecule has 4 rings (SSSR count). The molecule has 2 saturated heterocycles. The van der Waals surface area contributed by atoms with Gasteiger partial charge in [-0.2, -0.15) is 0 Å². The highest BCUT2D eigenvalue weighted by Crippen LogP contribution is 2.28. The van der Waals surface area contributed by atoms with Gasteiger partial charge >= 0.3 is 6.09 Å². The van der Waals surface area contributed by atoms with Crippen molar-refractivity contribution in [2.75, 3.05) is 49.1 Å². The fourth-order valence-corrected chi connectivity index (χ4v) is 4.68. The number of ether oxygens (including phenoxy) is 1. The predicted octanol–water partition coefficient (Wildman–Crippen LogP) is 2.42. The van der Waals surface area contributed by atoms with Gasteiger partial charge in [-0.3, -0.25) is 14.5 Å². The van der Waals surface area contributed by atoms with E-state index in [1.165, 1.54) is 23.5 Å². The van der Waals surface area contributed by atoms with Crippen LogP contribution in [0.4, 0.5) is 20.6 Å². The topological polar surface area (TPSA) is 108 Å². The van der Waals surface area contributed by atoms with Gasteiger partial charge in [-0.1, -0.05) is 30.2 Å². The number of nitrogens with zero attached hydrogens (tertiary/aromatic N) is 3. The highest BCUT2D eigenvalue weighted by atomic mass is 19.1. The van der Waals surface area contributed by atoms with Gasteiger partial charge in [0.2, 0.25) is 5.91 Å². The lowest BCUT2D eigenvalue weighted by Gasteiger charge is -2.35. The van der Waals surface area contributed by atoms with Crippen LogP contribution in [0.2, 0.25) is 0 Å². The summed E-state index contributed by atoms with van der Waals surface area (Å²) in [7, 11) is 0. The summed E-state index contributed by atoms with van der Waals surface area (Å²) < 4.78 is 20.3. The van der Waals surface area contributed by atoms with Crippen LogP contribution in [-0.2, 0) is 27.3 Å². The molecule has 2 aliphatic rings. The van der Waals surface area contributed by atoms with Crippen molar-refractivity contribution in [3.05, 3.63) is 59.4 Å². The number of piperazine rings is 1. The van der Waals surface area contributed by atoms with Crippen LogP contribution in [0.5, 0.6) is 0 Å². The Bertz CT molecular complexity index is 1270. The van der Waals surface area contributed by atoms with Crippen LogP contribution in [0.15, 0.2) is 42.5 Å². The number of amides is 3. The lowest BCUT2D eigenvalue weighted by molar-refractivity contribution is -0.125. The third-order valence-corrected chi connectivity index (χ3v) is 6.79. The predicted molar refractivity (Wildman–Crippen MR) is 147 cm³/mol. The van der Waals surface area contributed by atoms with Crippen LogP contribution in [0.25, 0.3) is 0 Å². The summed E-state index contributed by atoms with van der Waals surface area (Å²) in [5.74, 6) is 4.84. The Morgan fingerprint density at radius 2 is 1.90 bits per heavy atom. The summed E-state index contributed by atoms with van der Waals surface area (Å²) in [6.07, 6.45) is 1.31. The lowest BCUT2D eigenvalue weighted by atomic mass is 10.1. The Labute approximate surface area is 228 Å². The molecule has 9 nitrogen and oxygen atoms in total. The zero-order valence-electron chi connectivity index (χ0n) is 22.1. The first-order chi connectivity index (χ1) is 18.8. The molecule has 2 heterocycles. The summed E-state index contributed by atoms with van der Waals surface area (Å²) in [6, 6.07) is 12.8. The molecule has 2 aromatic carbocycles. The summed E-state index contributed by atoms with van der Waals surface area (Å²) in [5.41, 5.74) is 8.82. The Morgan fingerprint density at radius 3 is 2.62 bits per heavy atom. The van der Waals surface area contributed by atoms with Crippen LogP contribution in [0, 0.1) is 17.7 Å². The van der Waals surface area contributed by atoms with Crippen LogP contribution in [0.1, 0.15) is 30.9 Å². The Balaban J connectivity index is 1.24. The molecule has 0 aromatic heterocycles. The van der Waals surface area contributed by atoms with Gasteiger partial charge in [-0.25, -0.2) is 9.18 Å². The van der Waals surface area contributed by atoms with Crippen molar-refractivity contribution in [1.29, 1.82) is 0 Å². The number of rotatable bonds is 8. The number of carbonyl (C=O) groups excluding carboxylic acids is 3. The van der Waals surface area contributed by atoms with E-state index in [0.717, 1.165) is 18.4 Å². The summed E-state index contributed by atoms with van der Waals surface area (Å²) in [5, 5.41) is 2.62. The molecule has 2 fully saturated rings. The number of hydrogen-bond donors (Lipinski definition) is 2. The third kappa shape index (κ3) is 7.48. The third-order valence-electron chi connectivity index (χ3n) is 6.79. The monoisotopic (exact) mass is 535 g/mol. The molecule has 2 aromatic rings. The molecule has 0 bridgehead atoms. The van der Waals surface area contributed by atoms with Crippen molar-refractivity contribution in [2.45, 2.75) is 38.8 Å². The number of nitrogens with one attached hydrogen (secondary N) is 1. The van der Waals surface area contributed by atoms with Gasteiger partial charge in [-0.05, 0) is 48.1 Å². The smallest absolute Gasteiger partial charge is 0.414 e. The fraction of sp³-hybridized carbons (Fsp3) is 0.414. The number of nitrogens with two attached hydrogens (primary N) is 1. The quantitative estimate of drug-likeness (QED) is 0.397. The average molecular weight is 536 g/mol. The highest BCUT2D eigenvalue weighted by molar-refractivity contribution is 5.93. The Kier molecular flexibility index (Phi) is 9.39. The number of halogens is 1. The van der Waals surface area contributed by atoms with Gasteiger partial charge in [0.15, 0.2) is 0 Å². The van der Waals surface area contributed by atoms with Crippen molar-refractivity contribution >= 4 is 29.3 Å². The molecule has 0 aliphatic carbocycles. The Hall–Kier alpha value is -4.10. The number of anilines is 2. The van der Waals surface area contributed by atoms with Crippen molar-refractivity contribution in [2.24, 2.45) is 5.73 Å². The minimum atomic E-state index is -0.577. The largest absolute Gasteiger partial charge is 0.442 e. The van der Waals surface area contributed by atoms with Gasteiger partial charge in [0.1, 0.15) is 11.9 Å². The van der Waals surface area contributed by atoms with Crippen LogP contribution < -0.4 is 20.9 Å². The normalized spacial score (nSPS) is 16.9. The molecule has 3 amide bonds. The molecular formula is C29H34FN5O4. The van der Waals surface area contributed by atoms with E-state index in [1.54, 1.807) is 17.0 Å². The molecule has 1 atom stereocenters. The SMILES string of the molecule is CC(=O)NC[C@H]1CN(c2ccc(N3CCN(C(=O)C#CCCCc4cccc(CN)c4)CC3)c(F)c2)C(=O)O1. The molecule has 3 N–H and O–H groups in total. The van der Waals surface area contributed by atoms with Crippen molar-refractivity contribution in [1.82, 2.24) is 10.2 Å². The van der Waals surface area contributed by atoms with Gasteiger partial charge in [0, 0.05) is 46.1 Å². The second kappa shape index (κ2) is 13.1. The summed E-state index contributed by atoms with van der Waals surface area (Å²) in [4.78, 5) is 40.8. The van der Waals surface area contributed by atoms with Crippen molar-refractivity contribution in [3.8, 4) is 11.8 Å². The van der Waals surface area contributed by atoms with Crippen LogP contribution in [0.3, 0.4) is 0 Å². The Morgan fingerprint density at radius 1 is 1.13 bits per heavy atom. The van der Waals surface area contributed by atoms with E-state index in [1.807, 2.05) is 17.0 Å². The van der Waals surface area contributed by atoms with E-state index >= 15 is 4.39 Å². The van der Waals surface area contributed by atoms with Gasteiger partial charge in [0.05, 0.1) is 24.5 Å². The maximum absolute atomic E-state index is 15.0. The molecule has 0 unspecified atom stereocenters. The molecule has 2 aliphatic heterocycles. The maximum atomic E-state index is 15.0. The first-order valence-corrected chi connectivity index (χ1v) is 13.2. The molecule has 0 saturated carbocycles. The molecular weight excluding hydrogens is 501 g/mol. The van der Waals surface area contributed by atoms with E-state index in [-0.39, 0.29) is 24.9 Å². The molecule has 0 spiro atoms. The van der Waals surface area contributed by atoms with Crippen molar-refractivity contribution in [3.63, 3.8) is 0 Å². The average Bonchev–Trinajstić information content (AvgIpc) is 3.32. The molecule has 39 heavy (non-hydrogen) atoms. The molecule has 10 heteroatoms. The second-order valence-corrected chi connectivity index (χ2v) is 9.65. The van der Waals surface area contributed by atoms with E-state index in [9.17, 15) is 14.4 Å². The lowest BCUT2D eigenvalue weighted by Crippen LogP contribution is -2.48. The minimum Gasteiger partial charge on any atom is -0.442 e. The van der Waals surface area contributed by atoms with Gasteiger partial charge in [0.25, 0.3) is 5.91 Å². The van der Waals surface area contributed by atoms with Gasteiger partial charge in [-0.15, -0.1) is 0 Å². The minimum absolute atomic E-state index is 0.204. The first-order valence-electron chi connectivity index (χ1n) is 13.2. The summed E-state index contributed by atoms with van der Waals surface area (Å²) in [6.45, 7) is 4.19. The van der Waals surface area contributed by atoms with E-state index in [0.29, 0.717) is 50.5 Å². The van der Waals surface area contributed by atoms with E-state index in [2.05, 4.69) is 29.3 Å². The zero-order chi connectivity index (χ0) is 27.8. The molecule has 206 valence electrons. The standard InChI is InChI=1S/C29H34FN5O4/c1-21(36)32-19-25-20-35(29(38)39-25)24-10-11-27(26(30)17-24)33-12-14-34(15-13-33)28(37)9-4-2-3-6-22-7-5-8-23(16-22)18-31/h5,7-8,10-11,16-17,25H,2-3,6,12-15,18-20,31H2,1H3,(H,32,36)/t25-/m0/s1. The summed E-state index contributed by atoms with van der Waals surface area (Å²) >= 11 is 0. The first kappa shape index (κ1) is 27.9. The maximum Gasteiger partial charge on any atom is 0.414 e. The van der Waals surface area contributed by atoms with Crippen LogP contribution in [-0.4, -0.2) is 68.2 Å². The van der Waals surface area contributed by atoms with Crippen molar-refractivity contribution < 1.29 is 23.5 Å². The number of hydrogen-bond acceptors (Lipinski definition) is 6. The number of unbranched alkanes of at least 4 members (excludes halogenated alkanes) is 1. The number of cyclic esters (lactones) is 1. The highest BCUT2D eigenvalue weighted by Gasteiger charge is 2.33. The second-order valence-electron chi connectivity index (χ2n) is 9.65. The number of aryl methyl sites for hydroxylation is 1.